The van der Waals surface area contributed by atoms with E-state index in [9.17, 15) is 17.6 Å². The zero-order chi connectivity index (χ0) is 14.8. The number of nitrogens with two attached hydrogens (primary N) is 1. The van der Waals surface area contributed by atoms with E-state index in [2.05, 4.69) is 15.3 Å². The summed E-state index contributed by atoms with van der Waals surface area (Å²) in [5.41, 5.74) is 0.119. The third kappa shape index (κ3) is 3.13. The van der Waals surface area contributed by atoms with Crippen LogP contribution in [-0.4, -0.2) is 24.3 Å². The molecule has 1 aromatic heterocycles. The lowest BCUT2D eigenvalue weighted by Gasteiger charge is -2.06. The minimum atomic E-state index is -4.14. The first kappa shape index (κ1) is 14.0. The standard InChI is InChI=1S/C11H9FN4O3S/c12-8-5-7(1-2-10(8)20(13,18)19)16-11(17)9-6-14-3-4-15-9/h1-6H,(H,16,17)(H2,13,18,19). The number of primary sulfonamides is 1. The van der Waals surface area contributed by atoms with Gasteiger partial charge in [-0.25, -0.2) is 22.9 Å². The van der Waals surface area contributed by atoms with E-state index in [0.29, 0.717) is 0 Å². The summed E-state index contributed by atoms with van der Waals surface area (Å²) in [5, 5.41) is 7.19. The van der Waals surface area contributed by atoms with Gasteiger partial charge in [0.15, 0.2) is 0 Å². The van der Waals surface area contributed by atoms with Crippen LogP contribution < -0.4 is 10.5 Å². The van der Waals surface area contributed by atoms with Gasteiger partial charge in [0.2, 0.25) is 10.0 Å². The van der Waals surface area contributed by atoms with Crippen LogP contribution in [0.4, 0.5) is 10.1 Å². The number of carbonyl (C=O) groups is 1. The molecule has 2 rings (SSSR count). The number of rotatable bonds is 3. The Kier molecular flexibility index (Phi) is 3.72. The first-order chi connectivity index (χ1) is 9.38. The van der Waals surface area contributed by atoms with E-state index in [1.807, 2.05) is 0 Å². The molecule has 0 unspecified atom stereocenters. The Morgan fingerprint density at radius 2 is 2.05 bits per heavy atom. The quantitative estimate of drug-likeness (QED) is 0.856. The average Bonchev–Trinajstić information content (AvgIpc) is 2.38. The fourth-order valence-electron chi connectivity index (χ4n) is 1.42. The van der Waals surface area contributed by atoms with E-state index >= 15 is 0 Å². The Hall–Kier alpha value is -2.39. The zero-order valence-corrected chi connectivity index (χ0v) is 10.8. The molecule has 0 fully saturated rings. The molecule has 1 heterocycles. The van der Waals surface area contributed by atoms with Crippen molar-refractivity contribution in [3.8, 4) is 0 Å². The number of nitrogens with one attached hydrogen (secondary N) is 1. The largest absolute Gasteiger partial charge is 0.321 e. The number of hydrogen-bond acceptors (Lipinski definition) is 5. The number of sulfonamides is 1. The molecule has 0 spiro atoms. The predicted molar refractivity (Wildman–Crippen MR) is 67.8 cm³/mol. The topological polar surface area (TPSA) is 115 Å². The molecule has 0 saturated carbocycles. The lowest BCUT2D eigenvalue weighted by Crippen LogP contribution is -2.16. The van der Waals surface area contributed by atoms with E-state index < -0.39 is 26.6 Å². The molecular formula is C11H9FN4O3S. The Morgan fingerprint density at radius 1 is 1.30 bits per heavy atom. The van der Waals surface area contributed by atoms with Gasteiger partial charge in [-0.1, -0.05) is 0 Å². The molecule has 1 aromatic carbocycles. The van der Waals surface area contributed by atoms with Crippen molar-refractivity contribution in [1.82, 2.24) is 9.97 Å². The summed E-state index contributed by atoms with van der Waals surface area (Å²) < 4.78 is 35.6. The van der Waals surface area contributed by atoms with Crippen molar-refractivity contribution in [3.05, 3.63) is 48.3 Å². The molecular weight excluding hydrogens is 287 g/mol. The van der Waals surface area contributed by atoms with Crippen LogP contribution >= 0.6 is 0 Å². The van der Waals surface area contributed by atoms with Crippen LogP contribution in [0.25, 0.3) is 0 Å². The molecule has 1 amide bonds. The number of anilines is 1. The molecule has 0 bridgehead atoms. The molecule has 7 nitrogen and oxygen atoms in total. The number of hydrogen-bond donors (Lipinski definition) is 2. The van der Waals surface area contributed by atoms with E-state index in [1.54, 1.807) is 0 Å². The molecule has 0 aliphatic rings. The lowest BCUT2D eigenvalue weighted by molar-refractivity contribution is 0.102. The molecule has 0 atom stereocenters. The fourth-order valence-corrected chi connectivity index (χ4v) is 2.01. The highest BCUT2D eigenvalue weighted by Crippen LogP contribution is 2.18. The van der Waals surface area contributed by atoms with Crippen molar-refractivity contribution in [2.75, 3.05) is 5.32 Å². The molecule has 0 aliphatic carbocycles. The molecule has 0 aliphatic heterocycles. The number of benzene rings is 1. The summed E-state index contributed by atoms with van der Waals surface area (Å²) in [5.74, 6) is -1.65. The zero-order valence-electron chi connectivity index (χ0n) is 9.95. The van der Waals surface area contributed by atoms with Crippen molar-refractivity contribution in [3.63, 3.8) is 0 Å². The van der Waals surface area contributed by atoms with Crippen LogP contribution in [-0.2, 0) is 10.0 Å². The summed E-state index contributed by atoms with van der Waals surface area (Å²) in [6.45, 7) is 0. The highest BCUT2D eigenvalue weighted by Gasteiger charge is 2.15. The van der Waals surface area contributed by atoms with Gasteiger partial charge in [-0.05, 0) is 18.2 Å². The SMILES string of the molecule is NS(=O)(=O)c1ccc(NC(=O)c2cnccn2)cc1F. The molecule has 2 aromatic rings. The predicted octanol–water partition coefficient (Wildman–Crippen LogP) is 0.515. The summed E-state index contributed by atoms with van der Waals surface area (Å²) >= 11 is 0. The van der Waals surface area contributed by atoms with Gasteiger partial charge in [-0.15, -0.1) is 0 Å². The Bertz CT molecular complexity index is 750. The van der Waals surface area contributed by atoms with Gasteiger partial charge in [0.25, 0.3) is 5.91 Å². The van der Waals surface area contributed by atoms with Gasteiger partial charge in [-0.3, -0.25) is 9.78 Å². The number of halogens is 1. The van der Waals surface area contributed by atoms with Gasteiger partial charge in [0.05, 0.1) is 6.20 Å². The van der Waals surface area contributed by atoms with Crippen LogP contribution in [0.3, 0.4) is 0 Å². The maximum Gasteiger partial charge on any atom is 0.275 e. The van der Waals surface area contributed by atoms with E-state index in [-0.39, 0.29) is 11.4 Å². The van der Waals surface area contributed by atoms with Crippen LogP contribution in [0.5, 0.6) is 0 Å². The smallest absolute Gasteiger partial charge is 0.275 e. The number of amides is 1. The van der Waals surface area contributed by atoms with Gasteiger partial charge in [-0.2, -0.15) is 0 Å². The highest BCUT2D eigenvalue weighted by molar-refractivity contribution is 7.89. The molecule has 9 heteroatoms. The first-order valence-corrected chi connectivity index (χ1v) is 6.82. The Balaban J connectivity index is 2.24. The number of aromatic nitrogens is 2. The molecule has 0 saturated heterocycles. The molecule has 104 valence electrons. The maximum atomic E-state index is 13.6. The first-order valence-electron chi connectivity index (χ1n) is 5.27. The van der Waals surface area contributed by atoms with Crippen LogP contribution in [0.2, 0.25) is 0 Å². The third-order valence-electron chi connectivity index (χ3n) is 2.29. The van der Waals surface area contributed by atoms with Crippen LogP contribution in [0.15, 0.2) is 41.7 Å². The normalized spacial score (nSPS) is 11.1. The van der Waals surface area contributed by atoms with Crippen molar-refractivity contribution in [2.24, 2.45) is 5.14 Å². The lowest BCUT2D eigenvalue weighted by atomic mass is 10.3. The van der Waals surface area contributed by atoms with E-state index in [1.165, 1.54) is 24.7 Å². The minimum absolute atomic E-state index is 0.0448. The van der Waals surface area contributed by atoms with Crippen molar-refractivity contribution < 1.29 is 17.6 Å². The number of nitrogens with zero attached hydrogens (tertiary/aromatic N) is 2. The van der Waals surface area contributed by atoms with E-state index in [0.717, 1.165) is 12.1 Å². The second-order valence-corrected chi connectivity index (χ2v) is 5.26. The van der Waals surface area contributed by atoms with Crippen molar-refractivity contribution >= 4 is 21.6 Å². The Labute approximate surface area is 113 Å². The summed E-state index contributed by atoms with van der Waals surface area (Å²) in [6, 6.07) is 3.04. The van der Waals surface area contributed by atoms with Gasteiger partial charge in [0, 0.05) is 18.1 Å². The van der Waals surface area contributed by atoms with Crippen molar-refractivity contribution in [1.29, 1.82) is 0 Å². The van der Waals surface area contributed by atoms with Crippen LogP contribution in [0, 0.1) is 5.82 Å². The van der Waals surface area contributed by atoms with Gasteiger partial charge < -0.3 is 5.32 Å². The summed E-state index contributed by atoms with van der Waals surface area (Å²) in [7, 11) is -4.14. The summed E-state index contributed by atoms with van der Waals surface area (Å²) in [6.07, 6.45) is 3.97. The van der Waals surface area contributed by atoms with E-state index in [4.69, 9.17) is 5.14 Å². The van der Waals surface area contributed by atoms with Gasteiger partial charge >= 0.3 is 0 Å². The minimum Gasteiger partial charge on any atom is -0.321 e. The highest BCUT2D eigenvalue weighted by atomic mass is 32.2. The Morgan fingerprint density at radius 3 is 2.60 bits per heavy atom. The second kappa shape index (κ2) is 5.31. The third-order valence-corrected chi connectivity index (χ3v) is 3.24. The van der Waals surface area contributed by atoms with Crippen molar-refractivity contribution in [2.45, 2.75) is 4.90 Å². The average molecular weight is 296 g/mol. The van der Waals surface area contributed by atoms with Crippen LogP contribution in [0.1, 0.15) is 10.5 Å². The molecule has 0 radical (unpaired) electrons. The molecule has 20 heavy (non-hydrogen) atoms. The monoisotopic (exact) mass is 296 g/mol. The molecule has 3 N–H and O–H groups in total. The summed E-state index contributed by atoms with van der Waals surface area (Å²) in [4.78, 5) is 18.6. The second-order valence-electron chi connectivity index (χ2n) is 3.73. The number of carbonyl (C=O) groups excluding carboxylic acids is 1. The fraction of sp³-hybridized carbons (Fsp3) is 0. The maximum absolute atomic E-state index is 13.6. The van der Waals surface area contributed by atoms with Gasteiger partial charge in [0.1, 0.15) is 16.4 Å².